The summed E-state index contributed by atoms with van der Waals surface area (Å²) in [5.41, 5.74) is 2.48. The van der Waals surface area contributed by atoms with Gasteiger partial charge >= 0.3 is 6.09 Å². The number of carbonyl (C=O) groups is 2. The largest absolute Gasteiger partial charge is 0.474 e. The van der Waals surface area contributed by atoms with Crippen molar-refractivity contribution in [2.24, 2.45) is 0 Å². The zero-order valence-electron chi connectivity index (χ0n) is 22.0. The minimum absolute atomic E-state index is 0.0625. The van der Waals surface area contributed by atoms with Crippen LogP contribution < -0.4 is 9.64 Å². The second-order valence-corrected chi connectivity index (χ2v) is 11.0. The fraction of sp³-hybridized carbons (Fsp3) is 0.536. The van der Waals surface area contributed by atoms with E-state index in [1.807, 2.05) is 13.0 Å². The molecule has 208 valence electrons. The van der Waals surface area contributed by atoms with E-state index in [4.69, 9.17) is 9.47 Å². The van der Waals surface area contributed by atoms with Crippen molar-refractivity contribution in [3.63, 3.8) is 0 Å². The summed E-state index contributed by atoms with van der Waals surface area (Å²) in [6, 6.07) is 8.32. The average Bonchev–Trinajstić information content (AvgIpc) is 3.54. The number of rotatable bonds is 6. The topological polar surface area (TPSA) is 98.7 Å². The highest BCUT2D eigenvalue weighted by molar-refractivity contribution is 5.96. The Hall–Kier alpha value is -3.28. The molecule has 3 fully saturated rings. The van der Waals surface area contributed by atoms with Gasteiger partial charge in [-0.2, -0.15) is 0 Å². The fourth-order valence-electron chi connectivity index (χ4n) is 6.31. The molecule has 6 rings (SSSR count). The summed E-state index contributed by atoms with van der Waals surface area (Å²) >= 11 is 0. The summed E-state index contributed by atoms with van der Waals surface area (Å²) in [5, 5.41) is 9.78. The number of anilines is 1. The summed E-state index contributed by atoms with van der Waals surface area (Å²) in [4.78, 5) is 37.9. The molecular weight excluding hydrogens is 505 g/mol. The first kappa shape index (κ1) is 26.0. The van der Waals surface area contributed by atoms with Crippen LogP contribution in [0, 0.1) is 5.82 Å². The third-order valence-electron chi connectivity index (χ3n) is 8.35. The lowest BCUT2D eigenvalue weighted by Gasteiger charge is -2.46. The number of likely N-dealkylation sites (tertiary alicyclic amines) is 1. The molecule has 1 N–H and O–H groups in total. The van der Waals surface area contributed by atoms with Crippen LogP contribution in [0.2, 0.25) is 0 Å². The van der Waals surface area contributed by atoms with Crippen molar-refractivity contribution >= 4 is 17.7 Å². The zero-order chi connectivity index (χ0) is 27.1. The molecule has 2 unspecified atom stereocenters. The Morgan fingerprint density at radius 2 is 1.95 bits per heavy atom. The highest BCUT2D eigenvalue weighted by atomic mass is 19.1. The molecule has 1 aromatic carbocycles. The van der Waals surface area contributed by atoms with Crippen LogP contribution in [0.1, 0.15) is 24.5 Å². The first-order chi connectivity index (χ1) is 18.8. The smallest absolute Gasteiger partial charge is 0.407 e. The number of fused-ring (bicyclic) bond motifs is 3. The molecule has 4 atom stereocenters. The lowest BCUT2D eigenvalue weighted by Crippen LogP contribution is -2.63. The summed E-state index contributed by atoms with van der Waals surface area (Å²) in [6.45, 7) is 5.96. The first-order valence-electron chi connectivity index (χ1n) is 13.6. The summed E-state index contributed by atoms with van der Waals surface area (Å²) in [7, 11) is 0. The lowest BCUT2D eigenvalue weighted by atomic mass is 10.1. The van der Waals surface area contributed by atoms with Gasteiger partial charge in [0.2, 0.25) is 11.8 Å². The number of ether oxygens (including phenoxy) is 2. The van der Waals surface area contributed by atoms with Gasteiger partial charge in [-0.25, -0.2) is 14.2 Å². The van der Waals surface area contributed by atoms with Crippen LogP contribution in [0.3, 0.4) is 0 Å². The molecule has 3 saturated heterocycles. The number of aromatic nitrogens is 1. The number of nitrogens with zero attached hydrogens (tertiary/aromatic N) is 5. The standard InChI is InChI=1S/C28H34FN5O5/c1-18-12-31(23(14-34(18)28(36)37)13-32-15-24-10-22(32)17-39-24)16-26(35)33-6-7-38-27-25(33)9-20(11-30-27)8-19-2-4-21(29)5-3-19/h2-5,9,11,18,22-24H,6-8,10,12-17H2,1H3,(H,36,37)/t18?,22-,23?,24-/m1/s1. The number of carboxylic acid groups (broad SMARTS) is 1. The number of amides is 2. The van der Waals surface area contributed by atoms with Gasteiger partial charge < -0.3 is 24.4 Å². The van der Waals surface area contributed by atoms with Gasteiger partial charge in [0.25, 0.3) is 0 Å². The van der Waals surface area contributed by atoms with E-state index in [-0.39, 0.29) is 36.5 Å². The van der Waals surface area contributed by atoms with Crippen LogP contribution in [-0.2, 0) is 16.0 Å². The van der Waals surface area contributed by atoms with E-state index >= 15 is 0 Å². The van der Waals surface area contributed by atoms with Crippen LogP contribution in [0.5, 0.6) is 5.88 Å². The Bertz CT molecular complexity index is 1230. The van der Waals surface area contributed by atoms with E-state index < -0.39 is 6.09 Å². The molecule has 10 nitrogen and oxygen atoms in total. The molecule has 0 aliphatic carbocycles. The van der Waals surface area contributed by atoms with Gasteiger partial charge in [-0.1, -0.05) is 12.1 Å². The Morgan fingerprint density at radius 1 is 1.13 bits per heavy atom. The van der Waals surface area contributed by atoms with Crippen molar-refractivity contribution in [2.75, 3.05) is 57.4 Å². The Morgan fingerprint density at radius 3 is 2.67 bits per heavy atom. The van der Waals surface area contributed by atoms with E-state index in [1.54, 1.807) is 23.2 Å². The van der Waals surface area contributed by atoms with Gasteiger partial charge in [-0.05, 0) is 49.1 Å². The van der Waals surface area contributed by atoms with Gasteiger partial charge in [-0.15, -0.1) is 0 Å². The SMILES string of the molecule is CC1CN(CC(=O)N2CCOc3ncc(Cc4ccc(F)cc4)cc32)C(CN2C[C@H]3C[C@@H]2CO3)CN1C(=O)O. The molecule has 0 spiro atoms. The van der Waals surface area contributed by atoms with E-state index in [1.165, 1.54) is 17.0 Å². The van der Waals surface area contributed by atoms with Gasteiger partial charge in [0, 0.05) is 50.5 Å². The second kappa shape index (κ2) is 10.7. The molecule has 4 aliphatic heterocycles. The highest BCUT2D eigenvalue weighted by Gasteiger charge is 2.43. The molecule has 11 heteroatoms. The monoisotopic (exact) mass is 539 g/mol. The number of benzene rings is 1. The second-order valence-electron chi connectivity index (χ2n) is 11.0. The molecule has 2 aromatic rings. The summed E-state index contributed by atoms with van der Waals surface area (Å²) < 4.78 is 24.8. The van der Waals surface area contributed by atoms with Crippen molar-refractivity contribution in [1.82, 2.24) is 19.7 Å². The van der Waals surface area contributed by atoms with Crippen LogP contribution in [0.4, 0.5) is 14.9 Å². The van der Waals surface area contributed by atoms with Crippen molar-refractivity contribution in [3.8, 4) is 5.88 Å². The third-order valence-corrected chi connectivity index (χ3v) is 8.35. The molecule has 0 radical (unpaired) electrons. The molecule has 2 bridgehead atoms. The number of hydrogen-bond acceptors (Lipinski definition) is 7. The molecule has 4 aliphatic rings. The maximum atomic E-state index is 13.8. The lowest BCUT2D eigenvalue weighted by molar-refractivity contribution is -0.121. The number of carbonyl (C=O) groups excluding carboxylic acids is 1. The Balaban J connectivity index is 1.19. The number of pyridine rings is 1. The van der Waals surface area contributed by atoms with Gasteiger partial charge in [0.1, 0.15) is 18.1 Å². The molecule has 39 heavy (non-hydrogen) atoms. The number of piperazine rings is 1. The van der Waals surface area contributed by atoms with Crippen molar-refractivity contribution in [1.29, 1.82) is 0 Å². The van der Waals surface area contributed by atoms with Gasteiger partial charge in [0.05, 0.1) is 25.8 Å². The van der Waals surface area contributed by atoms with Crippen molar-refractivity contribution in [2.45, 2.75) is 44.0 Å². The van der Waals surface area contributed by atoms with E-state index in [0.29, 0.717) is 63.4 Å². The minimum Gasteiger partial charge on any atom is -0.474 e. The fourth-order valence-corrected chi connectivity index (χ4v) is 6.31. The molecule has 1 aromatic heterocycles. The number of hydrogen-bond donors (Lipinski definition) is 1. The Labute approximate surface area is 226 Å². The maximum Gasteiger partial charge on any atom is 0.407 e. The van der Waals surface area contributed by atoms with Crippen molar-refractivity contribution < 1.29 is 28.6 Å². The van der Waals surface area contributed by atoms with Crippen LogP contribution in [0.15, 0.2) is 36.5 Å². The summed E-state index contributed by atoms with van der Waals surface area (Å²) in [5.74, 6) is 0.0774. The number of halogens is 1. The predicted octanol–water partition coefficient (Wildman–Crippen LogP) is 2.06. The van der Waals surface area contributed by atoms with E-state index in [2.05, 4.69) is 14.8 Å². The highest BCUT2D eigenvalue weighted by Crippen LogP contribution is 2.32. The van der Waals surface area contributed by atoms with E-state index in [9.17, 15) is 19.1 Å². The van der Waals surface area contributed by atoms with E-state index in [0.717, 1.165) is 24.1 Å². The predicted molar refractivity (Wildman–Crippen MR) is 141 cm³/mol. The van der Waals surface area contributed by atoms with Gasteiger partial charge in [0.15, 0.2) is 0 Å². The van der Waals surface area contributed by atoms with Crippen LogP contribution in [-0.4, -0.2) is 114 Å². The first-order valence-corrected chi connectivity index (χ1v) is 13.6. The molecule has 0 saturated carbocycles. The number of morpholine rings is 1. The minimum atomic E-state index is -0.924. The zero-order valence-corrected chi connectivity index (χ0v) is 22.0. The maximum absolute atomic E-state index is 13.8. The Kier molecular flexibility index (Phi) is 7.13. The van der Waals surface area contributed by atoms with Crippen LogP contribution in [0.25, 0.3) is 0 Å². The molecule has 2 amide bonds. The van der Waals surface area contributed by atoms with Crippen molar-refractivity contribution in [3.05, 3.63) is 53.5 Å². The third kappa shape index (κ3) is 5.43. The summed E-state index contributed by atoms with van der Waals surface area (Å²) in [6.07, 6.45) is 2.63. The molecular formula is C28H34FN5O5. The quantitative estimate of drug-likeness (QED) is 0.596. The molecule has 5 heterocycles. The van der Waals surface area contributed by atoms with Crippen LogP contribution >= 0.6 is 0 Å². The normalized spacial score (nSPS) is 26.9. The van der Waals surface area contributed by atoms with Gasteiger partial charge in [-0.3, -0.25) is 14.6 Å². The average molecular weight is 540 g/mol.